The van der Waals surface area contributed by atoms with Crippen LogP contribution in [0.3, 0.4) is 0 Å². The Morgan fingerprint density at radius 2 is 1.95 bits per heavy atom. The molecule has 0 bridgehead atoms. The van der Waals surface area contributed by atoms with E-state index in [4.69, 9.17) is 10.2 Å². The van der Waals surface area contributed by atoms with Crippen molar-refractivity contribution in [1.82, 2.24) is 5.32 Å². The summed E-state index contributed by atoms with van der Waals surface area (Å²) in [4.78, 5) is 24.9. The molecule has 6 heteroatoms. The zero-order chi connectivity index (χ0) is 15.7. The van der Waals surface area contributed by atoms with Gasteiger partial charge in [-0.05, 0) is 18.6 Å². The molecule has 0 saturated carbocycles. The molecule has 21 heavy (non-hydrogen) atoms. The number of hydrogen-bond donors (Lipinski definition) is 3. The lowest BCUT2D eigenvalue weighted by Crippen LogP contribution is -2.48. The summed E-state index contributed by atoms with van der Waals surface area (Å²) in [7, 11) is 0. The van der Waals surface area contributed by atoms with Crippen molar-refractivity contribution in [1.29, 1.82) is 0 Å². The number of carbonyl (C=O) groups is 2. The third-order valence-corrected chi connectivity index (χ3v) is 3.06. The number of benzene rings is 1. The molecule has 1 rings (SSSR count). The molecule has 0 unspecified atom stereocenters. The highest BCUT2D eigenvalue weighted by molar-refractivity contribution is 5.94. The van der Waals surface area contributed by atoms with Crippen molar-refractivity contribution in [2.24, 2.45) is 0 Å². The molecule has 0 fully saturated rings. The SMILES string of the molecule is CCCCN(C(=O)N[C@H](CCO)C(=O)O)c1ccccc1. The first-order valence-corrected chi connectivity index (χ1v) is 7.06. The Morgan fingerprint density at radius 3 is 2.48 bits per heavy atom. The van der Waals surface area contributed by atoms with E-state index >= 15 is 0 Å². The number of para-hydroxylation sites is 1. The van der Waals surface area contributed by atoms with E-state index in [9.17, 15) is 9.59 Å². The largest absolute Gasteiger partial charge is 0.480 e. The van der Waals surface area contributed by atoms with Gasteiger partial charge in [0.1, 0.15) is 6.04 Å². The Balaban J connectivity index is 2.82. The number of amides is 2. The van der Waals surface area contributed by atoms with Gasteiger partial charge in [0.25, 0.3) is 0 Å². The fourth-order valence-corrected chi connectivity index (χ4v) is 1.89. The lowest BCUT2D eigenvalue weighted by molar-refractivity contribution is -0.139. The average Bonchev–Trinajstić information content (AvgIpc) is 2.48. The van der Waals surface area contributed by atoms with E-state index < -0.39 is 18.0 Å². The highest BCUT2D eigenvalue weighted by atomic mass is 16.4. The fourth-order valence-electron chi connectivity index (χ4n) is 1.89. The van der Waals surface area contributed by atoms with Crippen molar-refractivity contribution < 1.29 is 19.8 Å². The molecular weight excluding hydrogens is 272 g/mol. The van der Waals surface area contributed by atoms with Gasteiger partial charge in [0, 0.05) is 25.3 Å². The van der Waals surface area contributed by atoms with Crippen LogP contribution in [0.5, 0.6) is 0 Å². The van der Waals surface area contributed by atoms with Crippen LogP contribution < -0.4 is 10.2 Å². The molecule has 2 amide bonds. The molecule has 1 aromatic carbocycles. The van der Waals surface area contributed by atoms with E-state index in [1.54, 1.807) is 12.1 Å². The van der Waals surface area contributed by atoms with E-state index in [-0.39, 0.29) is 13.0 Å². The Bertz CT molecular complexity index is 450. The predicted molar refractivity (Wildman–Crippen MR) is 80.4 cm³/mol. The molecule has 0 saturated heterocycles. The van der Waals surface area contributed by atoms with Crippen molar-refractivity contribution in [2.75, 3.05) is 18.1 Å². The van der Waals surface area contributed by atoms with E-state index in [1.165, 1.54) is 4.90 Å². The van der Waals surface area contributed by atoms with Crippen LogP contribution in [-0.4, -0.2) is 41.4 Å². The second-order valence-electron chi connectivity index (χ2n) is 4.69. The van der Waals surface area contributed by atoms with Gasteiger partial charge < -0.3 is 15.5 Å². The summed E-state index contributed by atoms with van der Waals surface area (Å²) in [5, 5.41) is 20.4. The minimum atomic E-state index is -1.15. The van der Waals surface area contributed by atoms with Gasteiger partial charge in [-0.15, -0.1) is 0 Å². The number of aliphatic hydroxyl groups is 1. The lowest BCUT2D eigenvalue weighted by atomic mass is 10.2. The second kappa shape index (κ2) is 8.97. The number of carboxylic acids is 1. The van der Waals surface area contributed by atoms with Gasteiger partial charge in [0.2, 0.25) is 0 Å². The van der Waals surface area contributed by atoms with Crippen molar-refractivity contribution >= 4 is 17.7 Å². The fraction of sp³-hybridized carbons (Fsp3) is 0.467. The van der Waals surface area contributed by atoms with Crippen molar-refractivity contribution in [3.63, 3.8) is 0 Å². The third kappa shape index (κ3) is 5.43. The standard InChI is InChI=1S/C15H22N2O4/c1-2-3-10-17(12-7-5-4-6-8-12)15(21)16-13(9-11-18)14(19)20/h4-8,13,18H,2-3,9-11H2,1H3,(H,16,21)(H,19,20)/t13-/m1/s1. The van der Waals surface area contributed by atoms with Crippen molar-refractivity contribution in [2.45, 2.75) is 32.2 Å². The van der Waals surface area contributed by atoms with E-state index in [2.05, 4.69) is 5.32 Å². The van der Waals surface area contributed by atoms with E-state index in [0.29, 0.717) is 6.54 Å². The van der Waals surface area contributed by atoms with Crippen molar-refractivity contribution in [3.8, 4) is 0 Å². The molecule has 0 aliphatic heterocycles. The van der Waals surface area contributed by atoms with Crippen LogP contribution in [0, 0.1) is 0 Å². The van der Waals surface area contributed by atoms with Crippen LogP contribution in [0.1, 0.15) is 26.2 Å². The first-order valence-electron chi connectivity index (χ1n) is 7.06. The van der Waals surface area contributed by atoms with E-state index in [1.807, 2.05) is 25.1 Å². The Kier molecular flexibility index (Phi) is 7.25. The van der Waals surface area contributed by atoms with Gasteiger partial charge in [-0.25, -0.2) is 9.59 Å². The van der Waals surface area contributed by atoms with Gasteiger partial charge in [-0.2, -0.15) is 0 Å². The molecule has 1 aromatic rings. The van der Waals surface area contributed by atoms with Crippen LogP contribution in [0.25, 0.3) is 0 Å². The molecule has 6 nitrogen and oxygen atoms in total. The summed E-state index contributed by atoms with van der Waals surface area (Å²) in [6.07, 6.45) is 1.73. The molecule has 0 spiro atoms. The highest BCUT2D eigenvalue weighted by Gasteiger charge is 2.23. The molecule has 0 aliphatic rings. The van der Waals surface area contributed by atoms with E-state index in [0.717, 1.165) is 18.5 Å². The second-order valence-corrected chi connectivity index (χ2v) is 4.69. The number of rotatable bonds is 8. The zero-order valence-electron chi connectivity index (χ0n) is 12.2. The number of nitrogens with one attached hydrogen (secondary N) is 1. The summed E-state index contributed by atoms with van der Waals surface area (Å²) in [5.41, 5.74) is 0.719. The Hall–Kier alpha value is -2.08. The molecule has 0 aromatic heterocycles. The minimum Gasteiger partial charge on any atom is -0.480 e. The smallest absolute Gasteiger partial charge is 0.326 e. The number of anilines is 1. The van der Waals surface area contributed by atoms with Crippen LogP contribution in [-0.2, 0) is 4.79 Å². The summed E-state index contributed by atoms with van der Waals surface area (Å²) in [6, 6.07) is 7.55. The highest BCUT2D eigenvalue weighted by Crippen LogP contribution is 2.14. The summed E-state index contributed by atoms with van der Waals surface area (Å²) in [5.74, 6) is -1.15. The average molecular weight is 294 g/mol. The number of carbonyl (C=O) groups excluding carboxylic acids is 1. The normalized spacial score (nSPS) is 11.7. The number of unbranched alkanes of at least 4 members (excludes halogenated alkanes) is 1. The number of carboxylic acid groups (broad SMARTS) is 1. The topological polar surface area (TPSA) is 89.9 Å². The maximum atomic E-state index is 12.3. The van der Waals surface area contributed by atoms with Gasteiger partial charge in [0.15, 0.2) is 0 Å². The number of hydrogen-bond acceptors (Lipinski definition) is 3. The maximum absolute atomic E-state index is 12.3. The monoisotopic (exact) mass is 294 g/mol. The van der Waals surface area contributed by atoms with Gasteiger partial charge in [-0.3, -0.25) is 4.90 Å². The molecule has 116 valence electrons. The van der Waals surface area contributed by atoms with Crippen LogP contribution in [0.4, 0.5) is 10.5 Å². The van der Waals surface area contributed by atoms with Crippen LogP contribution in [0.15, 0.2) is 30.3 Å². The lowest BCUT2D eigenvalue weighted by Gasteiger charge is -2.25. The quantitative estimate of drug-likeness (QED) is 0.682. The van der Waals surface area contributed by atoms with Gasteiger partial charge in [-0.1, -0.05) is 31.5 Å². The molecule has 3 N–H and O–H groups in total. The maximum Gasteiger partial charge on any atom is 0.326 e. The molecular formula is C15H22N2O4. The van der Waals surface area contributed by atoms with Crippen LogP contribution >= 0.6 is 0 Å². The first-order chi connectivity index (χ1) is 10.1. The summed E-state index contributed by atoms with van der Waals surface area (Å²) >= 11 is 0. The predicted octanol–water partition coefficient (Wildman–Crippen LogP) is 1.84. The molecule has 0 heterocycles. The van der Waals surface area contributed by atoms with Gasteiger partial charge in [0.05, 0.1) is 0 Å². The molecule has 0 radical (unpaired) electrons. The molecule has 0 aliphatic carbocycles. The van der Waals surface area contributed by atoms with Gasteiger partial charge >= 0.3 is 12.0 Å². The van der Waals surface area contributed by atoms with Crippen LogP contribution in [0.2, 0.25) is 0 Å². The summed E-state index contributed by atoms with van der Waals surface area (Å²) in [6.45, 7) is 2.24. The Morgan fingerprint density at radius 1 is 1.29 bits per heavy atom. The first kappa shape index (κ1) is 17.0. The number of urea groups is 1. The summed E-state index contributed by atoms with van der Waals surface area (Å²) < 4.78 is 0. The Labute approximate surface area is 124 Å². The number of nitrogens with zero attached hydrogens (tertiary/aromatic N) is 1. The zero-order valence-corrected chi connectivity index (χ0v) is 12.2. The molecule has 1 atom stereocenters. The minimum absolute atomic E-state index is 0.0164. The number of aliphatic hydroxyl groups excluding tert-OH is 1. The number of aliphatic carboxylic acids is 1. The van der Waals surface area contributed by atoms with Crippen molar-refractivity contribution in [3.05, 3.63) is 30.3 Å². The third-order valence-electron chi connectivity index (χ3n) is 3.06.